The quantitative estimate of drug-likeness (QED) is 0.289. The average Bonchev–Trinajstić information content (AvgIpc) is 2.59. The van der Waals surface area contributed by atoms with Gasteiger partial charge < -0.3 is 20.1 Å². The summed E-state index contributed by atoms with van der Waals surface area (Å²) in [5.74, 6) is 2.41. The summed E-state index contributed by atoms with van der Waals surface area (Å²) in [4.78, 5) is 4.20. The van der Waals surface area contributed by atoms with E-state index in [4.69, 9.17) is 9.47 Å². The van der Waals surface area contributed by atoms with Crippen molar-refractivity contribution in [3.63, 3.8) is 0 Å². The Morgan fingerprint density at radius 2 is 1.88 bits per heavy atom. The van der Waals surface area contributed by atoms with Gasteiger partial charge >= 0.3 is 0 Å². The fourth-order valence-corrected chi connectivity index (χ4v) is 2.23. The van der Waals surface area contributed by atoms with E-state index in [0.29, 0.717) is 19.7 Å². The molecular formula is C19H26IN3O2. The van der Waals surface area contributed by atoms with Crippen LogP contribution < -0.4 is 15.4 Å². The van der Waals surface area contributed by atoms with Crippen LogP contribution in [0.15, 0.2) is 53.5 Å². The van der Waals surface area contributed by atoms with Crippen LogP contribution in [-0.2, 0) is 11.3 Å². The molecule has 0 amide bonds. The van der Waals surface area contributed by atoms with Crippen LogP contribution in [0, 0.1) is 6.92 Å². The third-order valence-electron chi connectivity index (χ3n) is 3.46. The highest BCUT2D eigenvalue weighted by molar-refractivity contribution is 14.0. The fourth-order valence-electron chi connectivity index (χ4n) is 2.23. The van der Waals surface area contributed by atoms with Crippen LogP contribution >= 0.6 is 24.0 Å². The summed E-state index contributed by atoms with van der Waals surface area (Å²) in [6.45, 7) is 4.01. The number of hydrogen-bond donors (Lipinski definition) is 2. The minimum Gasteiger partial charge on any atom is -0.457 e. The lowest BCUT2D eigenvalue weighted by Gasteiger charge is -2.14. The summed E-state index contributed by atoms with van der Waals surface area (Å²) in [6, 6.07) is 16.0. The van der Waals surface area contributed by atoms with Crippen molar-refractivity contribution in [2.75, 3.05) is 27.3 Å². The molecule has 2 N–H and O–H groups in total. The number of ether oxygens (including phenoxy) is 2. The summed E-state index contributed by atoms with van der Waals surface area (Å²) in [7, 11) is 3.42. The van der Waals surface area contributed by atoms with Gasteiger partial charge in [-0.3, -0.25) is 4.99 Å². The number of benzene rings is 2. The Morgan fingerprint density at radius 1 is 1.08 bits per heavy atom. The molecule has 0 fully saturated rings. The van der Waals surface area contributed by atoms with E-state index in [1.165, 1.54) is 5.56 Å². The van der Waals surface area contributed by atoms with E-state index in [0.717, 1.165) is 23.0 Å². The van der Waals surface area contributed by atoms with Gasteiger partial charge in [0.05, 0.1) is 6.61 Å². The normalized spacial score (nSPS) is 10.8. The van der Waals surface area contributed by atoms with Gasteiger partial charge in [0.15, 0.2) is 5.96 Å². The van der Waals surface area contributed by atoms with Crippen molar-refractivity contribution in [1.29, 1.82) is 0 Å². The van der Waals surface area contributed by atoms with Crippen LogP contribution in [0.5, 0.6) is 11.5 Å². The number of methoxy groups -OCH3 is 1. The van der Waals surface area contributed by atoms with E-state index in [-0.39, 0.29) is 24.0 Å². The summed E-state index contributed by atoms with van der Waals surface area (Å²) >= 11 is 0. The number of aryl methyl sites for hydroxylation is 1. The lowest BCUT2D eigenvalue weighted by molar-refractivity contribution is 0.203. The Bertz CT molecular complexity index is 677. The molecule has 6 heteroatoms. The zero-order valence-corrected chi connectivity index (χ0v) is 17.2. The van der Waals surface area contributed by atoms with Crippen molar-refractivity contribution in [2.45, 2.75) is 13.5 Å². The van der Waals surface area contributed by atoms with Gasteiger partial charge in [0.25, 0.3) is 0 Å². The first kappa shape index (κ1) is 21.2. The van der Waals surface area contributed by atoms with Crippen molar-refractivity contribution < 1.29 is 9.47 Å². The standard InChI is InChI=1S/C19H25N3O2.HI/c1-15-7-6-9-17(13-15)24-18-10-5-4-8-16(18)14-22-19(20-2)21-11-12-23-3;/h4-10,13H,11-12,14H2,1-3H3,(H2,20,21,22);1H. The Kier molecular flexibility index (Phi) is 9.94. The fraction of sp³-hybridized carbons (Fsp3) is 0.316. The third-order valence-corrected chi connectivity index (χ3v) is 3.46. The van der Waals surface area contributed by atoms with Gasteiger partial charge in [0, 0.05) is 32.8 Å². The number of hydrogen-bond acceptors (Lipinski definition) is 3. The van der Waals surface area contributed by atoms with Crippen LogP contribution in [0.1, 0.15) is 11.1 Å². The number of nitrogens with one attached hydrogen (secondary N) is 2. The molecule has 0 unspecified atom stereocenters. The van der Waals surface area contributed by atoms with E-state index in [2.05, 4.69) is 28.6 Å². The van der Waals surface area contributed by atoms with Crippen molar-refractivity contribution in [1.82, 2.24) is 10.6 Å². The first-order chi connectivity index (χ1) is 11.7. The zero-order valence-electron chi connectivity index (χ0n) is 14.9. The maximum Gasteiger partial charge on any atom is 0.191 e. The van der Waals surface area contributed by atoms with Gasteiger partial charge in [0.1, 0.15) is 11.5 Å². The summed E-state index contributed by atoms with van der Waals surface area (Å²) in [5, 5.41) is 6.48. The number of halogens is 1. The van der Waals surface area contributed by atoms with Gasteiger partial charge in [-0.15, -0.1) is 24.0 Å². The molecule has 2 rings (SSSR count). The third kappa shape index (κ3) is 7.31. The van der Waals surface area contributed by atoms with Crippen LogP contribution in [0.25, 0.3) is 0 Å². The monoisotopic (exact) mass is 455 g/mol. The predicted molar refractivity (Wildman–Crippen MR) is 113 cm³/mol. The van der Waals surface area contributed by atoms with Gasteiger partial charge in [-0.2, -0.15) is 0 Å². The molecule has 0 aliphatic carbocycles. The van der Waals surface area contributed by atoms with Crippen molar-refractivity contribution in [3.05, 3.63) is 59.7 Å². The number of rotatable bonds is 7. The average molecular weight is 455 g/mol. The van der Waals surface area contributed by atoms with Crippen molar-refractivity contribution >= 4 is 29.9 Å². The molecule has 25 heavy (non-hydrogen) atoms. The second-order valence-corrected chi connectivity index (χ2v) is 5.37. The molecule has 0 saturated carbocycles. The van der Waals surface area contributed by atoms with E-state index in [1.807, 2.05) is 42.5 Å². The maximum absolute atomic E-state index is 6.03. The molecule has 0 aliphatic rings. The Hall–Kier alpha value is -1.80. The smallest absolute Gasteiger partial charge is 0.191 e. The van der Waals surface area contributed by atoms with Gasteiger partial charge in [-0.1, -0.05) is 30.3 Å². The van der Waals surface area contributed by atoms with Gasteiger partial charge in [-0.25, -0.2) is 0 Å². The first-order valence-electron chi connectivity index (χ1n) is 7.99. The molecule has 0 aromatic heterocycles. The molecule has 2 aromatic carbocycles. The van der Waals surface area contributed by atoms with E-state index >= 15 is 0 Å². The molecule has 0 atom stereocenters. The summed E-state index contributed by atoms with van der Waals surface area (Å²) in [6.07, 6.45) is 0. The molecule has 0 spiro atoms. The summed E-state index contributed by atoms with van der Waals surface area (Å²) in [5.41, 5.74) is 2.24. The molecule has 0 bridgehead atoms. The highest BCUT2D eigenvalue weighted by atomic mass is 127. The van der Waals surface area contributed by atoms with Gasteiger partial charge in [0.2, 0.25) is 0 Å². The van der Waals surface area contributed by atoms with Gasteiger partial charge in [-0.05, 0) is 30.7 Å². The Morgan fingerprint density at radius 3 is 2.60 bits per heavy atom. The number of aliphatic imine (C=N–C) groups is 1. The second kappa shape index (κ2) is 11.7. The Labute approximate surface area is 166 Å². The molecule has 136 valence electrons. The molecule has 0 heterocycles. The van der Waals surface area contributed by atoms with E-state index in [1.54, 1.807) is 14.2 Å². The molecule has 0 aliphatic heterocycles. The maximum atomic E-state index is 6.03. The van der Waals surface area contributed by atoms with Crippen LogP contribution in [0.2, 0.25) is 0 Å². The number of para-hydroxylation sites is 1. The predicted octanol–water partition coefficient (Wildman–Crippen LogP) is 3.72. The SMILES string of the molecule is CN=C(NCCOC)NCc1ccccc1Oc1cccc(C)c1.I. The van der Waals surface area contributed by atoms with E-state index < -0.39 is 0 Å². The zero-order chi connectivity index (χ0) is 17.2. The first-order valence-corrected chi connectivity index (χ1v) is 7.99. The van der Waals surface area contributed by atoms with E-state index in [9.17, 15) is 0 Å². The molecule has 5 nitrogen and oxygen atoms in total. The van der Waals surface area contributed by atoms with Crippen LogP contribution in [-0.4, -0.2) is 33.3 Å². The largest absolute Gasteiger partial charge is 0.457 e. The lowest BCUT2D eigenvalue weighted by atomic mass is 10.2. The Balaban J connectivity index is 0.00000312. The van der Waals surface area contributed by atoms with Crippen molar-refractivity contribution in [2.24, 2.45) is 4.99 Å². The molecule has 2 aromatic rings. The minimum atomic E-state index is 0. The molecule has 0 radical (unpaired) electrons. The summed E-state index contributed by atoms with van der Waals surface area (Å²) < 4.78 is 11.1. The molecular weight excluding hydrogens is 429 g/mol. The topological polar surface area (TPSA) is 54.9 Å². The number of nitrogens with zero attached hydrogens (tertiary/aromatic N) is 1. The minimum absolute atomic E-state index is 0. The van der Waals surface area contributed by atoms with Crippen molar-refractivity contribution in [3.8, 4) is 11.5 Å². The highest BCUT2D eigenvalue weighted by Gasteiger charge is 2.06. The van der Waals surface area contributed by atoms with Crippen LogP contribution in [0.3, 0.4) is 0 Å². The lowest BCUT2D eigenvalue weighted by Crippen LogP contribution is -2.38. The molecule has 0 saturated heterocycles. The number of guanidine groups is 1. The highest BCUT2D eigenvalue weighted by Crippen LogP contribution is 2.25. The van der Waals surface area contributed by atoms with Crippen LogP contribution in [0.4, 0.5) is 0 Å². The second-order valence-electron chi connectivity index (χ2n) is 5.37.